The van der Waals surface area contributed by atoms with E-state index in [-0.39, 0.29) is 30.3 Å². The van der Waals surface area contributed by atoms with Crippen LogP contribution in [0.15, 0.2) is 97.1 Å². The summed E-state index contributed by atoms with van der Waals surface area (Å²) in [4.78, 5) is 31.5. The number of nitrogens with one attached hydrogen (secondary N) is 1. The van der Waals surface area contributed by atoms with Gasteiger partial charge in [-0.15, -0.1) is 0 Å². The Kier molecular flexibility index (Phi) is 7.59. The summed E-state index contributed by atoms with van der Waals surface area (Å²) < 4.78 is 0. The van der Waals surface area contributed by atoms with Crippen molar-refractivity contribution in [1.29, 1.82) is 0 Å². The summed E-state index contributed by atoms with van der Waals surface area (Å²) in [6.07, 6.45) is 0.167. The number of amides is 3. The molecule has 41 heavy (non-hydrogen) atoms. The number of piperazine rings is 1. The van der Waals surface area contributed by atoms with E-state index in [2.05, 4.69) is 46.6 Å². The SMILES string of the molecule is CN1CC(=O)N2[C@@H](Cc3ccc(O)cc3)CN(Cc3cccc4ccccc34)C[C@@H]2N1C(=O)NCc1ccccc1. The molecule has 6 rings (SSSR count). The molecule has 3 amide bonds. The molecule has 2 heterocycles. The van der Waals surface area contributed by atoms with Crippen LogP contribution in [0.5, 0.6) is 5.75 Å². The predicted molar refractivity (Wildman–Crippen MR) is 159 cm³/mol. The molecule has 2 aliphatic heterocycles. The van der Waals surface area contributed by atoms with Crippen LogP contribution in [0.25, 0.3) is 10.8 Å². The fourth-order valence-electron chi connectivity index (χ4n) is 6.18. The molecule has 4 aromatic carbocycles. The van der Waals surface area contributed by atoms with Gasteiger partial charge in [-0.25, -0.2) is 14.8 Å². The highest BCUT2D eigenvalue weighted by Gasteiger charge is 2.47. The topological polar surface area (TPSA) is 79.4 Å². The number of urea groups is 1. The fraction of sp³-hybridized carbons (Fsp3) is 0.273. The number of hydrogen-bond donors (Lipinski definition) is 2. The molecule has 0 saturated carbocycles. The van der Waals surface area contributed by atoms with E-state index in [1.165, 1.54) is 16.3 Å². The Hall–Kier alpha value is -4.40. The van der Waals surface area contributed by atoms with Crippen molar-refractivity contribution in [3.63, 3.8) is 0 Å². The van der Waals surface area contributed by atoms with Crippen LogP contribution in [0.4, 0.5) is 4.79 Å². The summed E-state index contributed by atoms with van der Waals surface area (Å²) >= 11 is 0. The summed E-state index contributed by atoms with van der Waals surface area (Å²) in [7, 11) is 1.80. The second-order valence-electron chi connectivity index (χ2n) is 10.9. The molecule has 2 atom stereocenters. The predicted octanol–water partition coefficient (Wildman–Crippen LogP) is 4.20. The number of likely N-dealkylation sites (N-methyl/N-ethyl adjacent to an activating group) is 1. The van der Waals surface area contributed by atoms with E-state index in [0.717, 1.165) is 11.1 Å². The van der Waals surface area contributed by atoms with Crippen molar-refractivity contribution >= 4 is 22.7 Å². The molecule has 8 heteroatoms. The number of benzene rings is 4. The lowest BCUT2D eigenvalue weighted by atomic mass is 9.98. The van der Waals surface area contributed by atoms with E-state index in [9.17, 15) is 14.7 Å². The van der Waals surface area contributed by atoms with Crippen LogP contribution in [-0.2, 0) is 24.3 Å². The number of phenols is 1. The molecule has 0 bridgehead atoms. The molecule has 2 N–H and O–H groups in total. The molecule has 2 aliphatic rings. The Morgan fingerprint density at radius 3 is 2.41 bits per heavy atom. The van der Waals surface area contributed by atoms with Gasteiger partial charge in [0.1, 0.15) is 11.9 Å². The standard InChI is InChI=1S/C33H35N5O3/c1-35-23-32(40)37-28(18-24-14-16-29(39)17-15-24)21-36(20-27-12-7-11-26-10-5-6-13-30(26)27)22-31(37)38(35)33(41)34-19-25-8-3-2-4-9-25/h2-17,28,31,39H,18-23H2,1H3,(H,34,41)/t28-,31-/m0/s1. The molecule has 2 fully saturated rings. The van der Waals surface area contributed by atoms with Gasteiger partial charge in [0.2, 0.25) is 5.91 Å². The van der Waals surface area contributed by atoms with Crippen LogP contribution in [0.3, 0.4) is 0 Å². The van der Waals surface area contributed by atoms with Gasteiger partial charge in [0.15, 0.2) is 0 Å². The largest absolute Gasteiger partial charge is 0.508 e. The number of fused-ring (bicyclic) bond motifs is 2. The van der Waals surface area contributed by atoms with Crippen molar-refractivity contribution in [2.24, 2.45) is 0 Å². The third kappa shape index (κ3) is 5.75. The first kappa shape index (κ1) is 26.8. The molecule has 2 saturated heterocycles. The zero-order valence-electron chi connectivity index (χ0n) is 23.2. The minimum Gasteiger partial charge on any atom is -0.508 e. The van der Waals surface area contributed by atoms with Crippen LogP contribution in [0, 0.1) is 0 Å². The maximum atomic E-state index is 13.7. The molecule has 0 spiro atoms. The first-order valence-corrected chi connectivity index (χ1v) is 14.1. The number of hydrazine groups is 1. The van der Waals surface area contributed by atoms with Gasteiger partial charge >= 0.3 is 6.03 Å². The highest BCUT2D eigenvalue weighted by molar-refractivity contribution is 5.86. The number of carbonyl (C=O) groups excluding carboxylic acids is 2. The minimum absolute atomic E-state index is 0.0122. The van der Waals surface area contributed by atoms with Crippen LogP contribution < -0.4 is 5.32 Å². The van der Waals surface area contributed by atoms with E-state index in [1.54, 1.807) is 29.2 Å². The van der Waals surface area contributed by atoms with Crippen molar-refractivity contribution in [3.05, 3.63) is 114 Å². The molecule has 0 aromatic heterocycles. The van der Waals surface area contributed by atoms with Crippen molar-refractivity contribution in [3.8, 4) is 5.75 Å². The molecule has 0 radical (unpaired) electrons. The lowest BCUT2D eigenvalue weighted by molar-refractivity contribution is -0.180. The first-order chi connectivity index (χ1) is 20.0. The fourth-order valence-corrected chi connectivity index (χ4v) is 6.18. The maximum absolute atomic E-state index is 13.7. The van der Waals surface area contributed by atoms with Gasteiger partial charge in [-0.2, -0.15) is 0 Å². The van der Waals surface area contributed by atoms with E-state index in [1.807, 2.05) is 53.4 Å². The lowest BCUT2D eigenvalue weighted by Crippen LogP contribution is -2.74. The number of rotatable bonds is 6. The Bertz CT molecular complexity index is 1520. The van der Waals surface area contributed by atoms with Crippen molar-refractivity contribution in [2.75, 3.05) is 26.7 Å². The number of phenolic OH excluding ortho intramolecular Hbond substituents is 1. The summed E-state index contributed by atoms with van der Waals surface area (Å²) in [5.41, 5.74) is 3.26. The molecule has 4 aromatic rings. The van der Waals surface area contributed by atoms with Crippen LogP contribution in [0.1, 0.15) is 16.7 Å². The van der Waals surface area contributed by atoms with E-state index < -0.39 is 6.17 Å². The number of nitrogens with zero attached hydrogens (tertiary/aromatic N) is 4. The smallest absolute Gasteiger partial charge is 0.334 e. The van der Waals surface area contributed by atoms with Gasteiger partial charge in [0, 0.05) is 33.2 Å². The average Bonchev–Trinajstić information content (AvgIpc) is 2.98. The maximum Gasteiger partial charge on any atom is 0.334 e. The van der Waals surface area contributed by atoms with Crippen LogP contribution in [-0.4, -0.2) is 75.8 Å². The summed E-state index contributed by atoms with van der Waals surface area (Å²) in [6.45, 7) is 2.45. The molecular formula is C33H35N5O3. The number of carbonyl (C=O) groups is 2. The highest BCUT2D eigenvalue weighted by atomic mass is 16.3. The third-order valence-corrected chi connectivity index (χ3v) is 8.08. The summed E-state index contributed by atoms with van der Waals surface area (Å²) in [6, 6.07) is 31.4. The first-order valence-electron chi connectivity index (χ1n) is 14.1. The van der Waals surface area contributed by atoms with Crippen molar-refractivity contribution in [1.82, 2.24) is 25.1 Å². The van der Waals surface area contributed by atoms with Crippen molar-refractivity contribution in [2.45, 2.75) is 31.7 Å². The van der Waals surface area contributed by atoms with Gasteiger partial charge in [-0.05, 0) is 46.0 Å². The van der Waals surface area contributed by atoms with Gasteiger partial charge in [-0.3, -0.25) is 9.69 Å². The summed E-state index contributed by atoms with van der Waals surface area (Å²) in [5, 5.41) is 18.7. The second-order valence-corrected chi connectivity index (χ2v) is 10.9. The van der Waals surface area contributed by atoms with Gasteiger partial charge < -0.3 is 15.3 Å². The average molecular weight is 550 g/mol. The van der Waals surface area contributed by atoms with Gasteiger partial charge in [0.25, 0.3) is 0 Å². The zero-order chi connectivity index (χ0) is 28.3. The molecule has 0 aliphatic carbocycles. The Morgan fingerprint density at radius 1 is 0.878 bits per heavy atom. The van der Waals surface area contributed by atoms with E-state index in [0.29, 0.717) is 32.6 Å². The van der Waals surface area contributed by atoms with Gasteiger partial charge in [0.05, 0.1) is 12.6 Å². The van der Waals surface area contributed by atoms with E-state index in [4.69, 9.17) is 0 Å². The Morgan fingerprint density at radius 2 is 1.61 bits per heavy atom. The molecule has 0 unspecified atom stereocenters. The monoisotopic (exact) mass is 549 g/mol. The lowest BCUT2D eigenvalue weighted by Gasteiger charge is -2.55. The Labute approximate surface area is 240 Å². The quantitative estimate of drug-likeness (QED) is 0.377. The zero-order valence-corrected chi connectivity index (χ0v) is 23.2. The van der Waals surface area contributed by atoms with Gasteiger partial charge in [-0.1, -0.05) is 84.9 Å². The Balaban J connectivity index is 1.30. The van der Waals surface area contributed by atoms with Crippen molar-refractivity contribution < 1.29 is 14.7 Å². The second kappa shape index (κ2) is 11.6. The third-order valence-electron chi connectivity index (χ3n) is 8.08. The summed E-state index contributed by atoms with van der Waals surface area (Å²) in [5.74, 6) is 0.225. The van der Waals surface area contributed by atoms with Crippen LogP contribution >= 0.6 is 0 Å². The molecule has 8 nitrogen and oxygen atoms in total. The number of aromatic hydroxyl groups is 1. The van der Waals surface area contributed by atoms with E-state index >= 15 is 0 Å². The number of hydrogen-bond acceptors (Lipinski definition) is 5. The molecule has 210 valence electrons. The van der Waals surface area contributed by atoms with Crippen LogP contribution in [0.2, 0.25) is 0 Å². The minimum atomic E-state index is -0.456. The normalized spacial score (nSPS) is 19.8. The highest BCUT2D eigenvalue weighted by Crippen LogP contribution is 2.29. The molecular weight excluding hydrogens is 514 g/mol.